The van der Waals surface area contributed by atoms with Gasteiger partial charge in [0.2, 0.25) is 0 Å². The molecule has 4 nitrogen and oxygen atoms in total. The van der Waals surface area contributed by atoms with Gasteiger partial charge in [0.25, 0.3) is 5.69 Å². The molecule has 0 saturated heterocycles. The van der Waals surface area contributed by atoms with E-state index in [1.54, 1.807) is 18.2 Å². The van der Waals surface area contributed by atoms with Crippen molar-refractivity contribution in [2.75, 3.05) is 0 Å². The minimum atomic E-state index is -0.409. The Hall–Kier alpha value is -1.50. The van der Waals surface area contributed by atoms with Crippen LogP contribution in [0.5, 0.6) is 0 Å². The first-order chi connectivity index (χ1) is 9.58. The highest BCUT2D eigenvalue weighted by Crippen LogP contribution is 2.35. The fourth-order valence-corrected chi connectivity index (χ4v) is 3.06. The predicted octanol–water partition coefficient (Wildman–Crippen LogP) is 4.94. The van der Waals surface area contributed by atoms with Gasteiger partial charge in [0.1, 0.15) is 4.90 Å². The first-order valence-electron chi connectivity index (χ1n) is 5.90. The SMILES string of the molecule is Cc1ccc(SOSc2ccccc2[N+](=O)[O-])c(C)c1. The Kier molecular flexibility index (Phi) is 5.05. The normalized spacial score (nSPS) is 10.5. The third-order valence-electron chi connectivity index (χ3n) is 2.64. The zero-order valence-corrected chi connectivity index (χ0v) is 12.7. The third-order valence-corrected chi connectivity index (χ3v) is 4.35. The number of hydrogen-bond donors (Lipinski definition) is 0. The van der Waals surface area contributed by atoms with Crippen molar-refractivity contribution in [3.63, 3.8) is 0 Å². The highest BCUT2D eigenvalue weighted by atomic mass is 32.2. The molecule has 2 aromatic carbocycles. The maximum absolute atomic E-state index is 10.9. The van der Waals surface area contributed by atoms with Crippen LogP contribution in [0.25, 0.3) is 0 Å². The summed E-state index contributed by atoms with van der Waals surface area (Å²) in [6, 6.07) is 12.6. The molecule has 0 radical (unpaired) electrons. The van der Waals surface area contributed by atoms with Crippen molar-refractivity contribution >= 4 is 29.8 Å². The van der Waals surface area contributed by atoms with Gasteiger partial charge in [-0.2, -0.15) is 0 Å². The van der Waals surface area contributed by atoms with Crippen LogP contribution in [0.1, 0.15) is 11.1 Å². The molecule has 0 heterocycles. The van der Waals surface area contributed by atoms with E-state index >= 15 is 0 Å². The Labute approximate surface area is 126 Å². The van der Waals surface area contributed by atoms with E-state index < -0.39 is 4.92 Å². The standard InChI is InChI=1S/C14H13NO3S2/c1-10-7-8-13(11(2)9-10)19-18-20-14-6-4-3-5-12(14)15(16)17/h3-9H,1-2H3. The second-order valence-electron chi connectivity index (χ2n) is 4.23. The quantitative estimate of drug-likeness (QED) is 0.445. The smallest absolute Gasteiger partial charge is 0.258 e. The van der Waals surface area contributed by atoms with E-state index in [4.69, 9.17) is 3.63 Å². The lowest BCUT2D eigenvalue weighted by molar-refractivity contribution is -0.387. The van der Waals surface area contributed by atoms with Gasteiger partial charge in [-0.3, -0.25) is 10.1 Å². The van der Waals surface area contributed by atoms with Crippen LogP contribution >= 0.6 is 24.1 Å². The Morgan fingerprint density at radius 1 is 1.05 bits per heavy atom. The highest BCUT2D eigenvalue weighted by Gasteiger charge is 2.14. The highest BCUT2D eigenvalue weighted by molar-refractivity contribution is 8.08. The van der Waals surface area contributed by atoms with Crippen molar-refractivity contribution in [3.05, 3.63) is 63.7 Å². The zero-order valence-electron chi connectivity index (χ0n) is 11.0. The van der Waals surface area contributed by atoms with Crippen LogP contribution in [-0.4, -0.2) is 4.92 Å². The van der Waals surface area contributed by atoms with Crippen molar-refractivity contribution < 1.29 is 8.55 Å². The summed E-state index contributed by atoms with van der Waals surface area (Å²) in [6.07, 6.45) is 0. The molecule has 0 aliphatic heterocycles. The van der Waals surface area contributed by atoms with E-state index in [0.29, 0.717) is 4.90 Å². The van der Waals surface area contributed by atoms with E-state index in [1.165, 1.54) is 23.7 Å². The molecule has 0 unspecified atom stereocenters. The lowest BCUT2D eigenvalue weighted by Crippen LogP contribution is -1.89. The minimum absolute atomic E-state index is 0.0544. The van der Waals surface area contributed by atoms with Crippen LogP contribution in [0, 0.1) is 24.0 Å². The Morgan fingerprint density at radius 2 is 1.75 bits per heavy atom. The van der Waals surface area contributed by atoms with E-state index in [0.717, 1.165) is 22.5 Å². The molecule has 0 N–H and O–H groups in total. The number of benzene rings is 2. The first-order valence-corrected chi connectivity index (χ1v) is 7.38. The summed E-state index contributed by atoms with van der Waals surface area (Å²) in [5.74, 6) is 0. The second kappa shape index (κ2) is 6.78. The lowest BCUT2D eigenvalue weighted by Gasteiger charge is -2.05. The summed E-state index contributed by atoms with van der Waals surface area (Å²) in [6.45, 7) is 4.04. The molecule has 2 rings (SSSR count). The topological polar surface area (TPSA) is 52.4 Å². The Bertz CT molecular complexity index is 632. The van der Waals surface area contributed by atoms with Crippen LogP contribution in [0.15, 0.2) is 52.3 Å². The number of aryl methyl sites for hydroxylation is 2. The predicted molar refractivity (Wildman–Crippen MR) is 81.8 cm³/mol. The molecule has 104 valence electrons. The fourth-order valence-electron chi connectivity index (χ4n) is 1.66. The van der Waals surface area contributed by atoms with Crippen molar-refractivity contribution in [1.29, 1.82) is 0 Å². The second-order valence-corrected chi connectivity index (χ2v) is 5.99. The Balaban J connectivity index is 2.01. The van der Waals surface area contributed by atoms with Crippen molar-refractivity contribution in [3.8, 4) is 0 Å². The molecular weight excluding hydrogens is 294 g/mol. The summed E-state index contributed by atoms with van der Waals surface area (Å²) < 4.78 is 5.45. The molecule has 0 aliphatic rings. The molecular formula is C14H13NO3S2. The summed E-state index contributed by atoms with van der Waals surface area (Å²) in [7, 11) is 0. The Morgan fingerprint density at radius 3 is 2.45 bits per heavy atom. The van der Waals surface area contributed by atoms with Gasteiger partial charge in [0.05, 0.1) is 17.0 Å². The molecule has 0 spiro atoms. The monoisotopic (exact) mass is 307 g/mol. The van der Waals surface area contributed by atoms with Crippen molar-refractivity contribution in [1.82, 2.24) is 0 Å². The first kappa shape index (κ1) is 14.9. The average Bonchev–Trinajstić information content (AvgIpc) is 2.41. The minimum Gasteiger partial charge on any atom is -0.258 e. The summed E-state index contributed by atoms with van der Waals surface area (Å²) in [5, 5.41) is 10.9. The van der Waals surface area contributed by atoms with Gasteiger partial charge in [-0.25, -0.2) is 3.63 Å². The molecule has 0 bridgehead atoms. The van der Waals surface area contributed by atoms with Gasteiger partial charge in [0.15, 0.2) is 0 Å². The number of nitro groups is 1. The molecule has 0 saturated carbocycles. The average molecular weight is 307 g/mol. The van der Waals surface area contributed by atoms with E-state index in [-0.39, 0.29) is 5.69 Å². The van der Waals surface area contributed by atoms with Gasteiger partial charge >= 0.3 is 0 Å². The van der Waals surface area contributed by atoms with Crippen molar-refractivity contribution in [2.24, 2.45) is 0 Å². The van der Waals surface area contributed by atoms with Crippen LogP contribution in [0.3, 0.4) is 0 Å². The zero-order chi connectivity index (χ0) is 14.5. The molecule has 0 aromatic heterocycles. The summed E-state index contributed by atoms with van der Waals surface area (Å²) >= 11 is 2.22. The van der Waals surface area contributed by atoms with E-state index in [2.05, 4.69) is 6.07 Å². The number of rotatable bonds is 5. The molecule has 0 atom stereocenters. The molecule has 2 aromatic rings. The van der Waals surface area contributed by atoms with Gasteiger partial charge in [-0.15, -0.1) is 0 Å². The van der Waals surface area contributed by atoms with Crippen molar-refractivity contribution in [2.45, 2.75) is 23.6 Å². The lowest BCUT2D eigenvalue weighted by atomic mass is 10.2. The van der Waals surface area contributed by atoms with E-state index in [9.17, 15) is 10.1 Å². The van der Waals surface area contributed by atoms with E-state index in [1.807, 2.05) is 26.0 Å². The molecule has 6 heteroatoms. The maximum atomic E-state index is 10.9. The molecule has 0 amide bonds. The number of nitro benzene ring substituents is 1. The molecule has 20 heavy (non-hydrogen) atoms. The number of nitrogens with zero attached hydrogens (tertiary/aromatic N) is 1. The van der Waals surface area contributed by atoms with Crippen LogP contribution in [-0.2, 0) is 3.63 Å². The van der Waals surface area contributed by atoms with Gasteiger partial charge in [-0.1, -0.05) is 29.8 Å². The molecule has 0 fully saturated rings. The van der Waals surface area contributed by atoms with Crippen LogP contribution in [0.4, 0.5) is 5.69 Å². The van der Waals surface area contributed by atoms with Gasteiger partial charge in [-0.05, 0) is 31.5 Å². The number of hydrogen-bond acceptors (Lipinski definition) is 5. The third kappa shape index (κ3) is 3.75. The van der Waals surface area contributed by atoms with Crippen LogP contribution < -0.4 is 0 Å². The van der Waals surface area contributed by atoms with Gasteiger partial charge < -0.3 is 0 Å². The fraction of sp³-hybridized carbons (Fsp3) is 0.143. The maximum Gasteiger partial charge on any atom is 0.285 e. The number of para-hydroxylation sites is 1. The molecule has 0 aliphatic carbocycles. The van der Waals surface area contributed by atoms with Crippen LogP contribution in [0.2, 0.25) is 0 Å². The summed E-state index contributed by atoms with van der Waals surface area (Å²) in [5.41, 5.74) is 2.37. The largest absolute Gasteiger partial charge is 0.285 e. The van der Waals surface area contributed by atoms with Gasteiger partial charge in [0, 0.05) is 23.0 Å². The summed E-state index contributed by atoms with van der Waals surface area (Å²) in [4.78, 5) is 12.0.